The van der Waals surface area contributed by atoms with Crippen LogP contribution in [0.2, 0.25) is 0 Å². The van der Waals surface area contributed by atoms with Crippen LogP contribution in [-0.4, -0.2) is 59.4 Å². The molecule has 1 aliphatic carbocycles. The van der Waals surface area contributed by atoms with Crippen LogP contribution in [0.25, 0.3) is 0 Å². The highest BCUT2D eigenvalue weighted by molar-refractivity contribution is 5.78. The Morgan fingerprint density at radius 3 is 2.29 bits per heavy atom. The van der Waals surface area contributed by atoms with Gasteiger partial charge in [-0.05, 0) is 48.8 Å². The van der Waals surface area contributed by atoms with Gasteiger partial charge in [0.1, 0.15) is 5.82 Å². The summed E-state index contributed by atoms with van der Waals surface area (Å²) in [5.41, 5.74) is 0.992. The molecule has 1 heterocycles. The number of amides is 1. The van der Waals surface area contributed by atoms with Crippen molar-refractivity contribution in [3.05, 3.63) is 35.6 Å². The fraction of sp³-hybridized carbons (Fsp3) is 0.611. The predicted octanol–water partition coefficient (Wildman–Crippen LogP) is 0.548. The minimum Gasteiger partial charge on any atom is -0.390 e. The van der Waals surface area contributed by atoms with Gasteiger partial charge in [0.15, 0.2) is 0 Å². The van der Waals surface area contributed by atoms with E-state index < -0.39 is 12.2 Å². The maximum absolute atomic E-state index is 12.8. The Morgan fingerprint density at radius 2 is 1.71 bits per heavy atom. The van der Waals surface area contributed by atoms with Gasteiger partial charge in [-0.3, -0.25) is 9.69 Å². The second-order valence-corrected chi connectivity index (χ2v) is 7.05. The molecule has 0 unspecified atom stereocenters. The lowest BCUT2D eigenvalue weighted by atomic mass is 9.79. The van der Waals surface area contributed by atoms with Crippen LogP contribution in [0, 0.1) is 17.7 Å². The Bertz CT molecular complexity index is 548. The van der Waals surface area contributed by atoms with Crippen molar-refractivity contribution in [1.82, 2.24) is 10.2 Å². The minimum absolute atomic E-state index is 0.0168. The third kappa shape index (κ3) is 4.32. The van der Waals surface area contributed by atoms with Crippen molar-refractivity contribution in [2.75, 3.05) is 26.2 Å². The van der Waals surface area contributed by atoms with E-state index in [-0.39, 0.29) is 11.7 Å². The quantitative estimate of drug-likeness (QED) is 0.734. The summed E-state index contributed by atoms with van der Waals surface area (Å²) in [4.78, 5) is 14.2. The lowest BCUT2D eigenvalue weighted by Gasteiger charge is -2.32. The van der Waals surface area contributed by atoms with Crippen molar-refractivity contribution in [2.45, 2.75) is 31.5 Å². The van der Waals surface area contributed by atoms with Crippen LogP contribution < -0.4 is 5.32 Å². The van der Waals surface area contributed by atoms with Gasteiger partial charge < -0.3 is 15.5 Å². The molecule has 2 fully saturated rings. The fourth-order valence-corrected chi connectivity index (χ4v) is 3.89. The van der Waals surface area contributed by atoms with Crippen molar-refractivity contribution < 1.29 is 19.4 Å². The number of carbonyl (C=O) groups excluding carboxylic acids is 1. The molecule has 3 rings (SSSR count). The van der Waals surface area contributed by atoms with Crippen LogP contribution in [0.15, 0.2) is 24.3 Å². The first-order valence-electron chi connectivity index (χ1n) is 8.61. The van der Waals surface area contributed by atoms with E-state index in [1.54, 1.807) is 12.1 Å². The van der Waals surface area contributed by atoms with E-state index in [2.05, 4.69) is 10.2 Å². The molecule has 24 heavy (non-hydrogen) atoms. The van der Waals surface area contributed by atoms with Gasteiger partial charge in [0.25, 0.3) is 0 Å². The van der Waals surface area contributed by atoms with Gasteiger partial charge in [-0.2, -0.15) is 0 Å². The molecular formula is C18H25FN2O3. The zero-order valence-electron chi connectivity index (χ0n) is 13.7. The van der Waals surface area contributed by atoms with Crippen LogP contribution >= 0.6 is 0 Å². The summed E-state index contributed by atoms with van der Waals surface area (Å²) in [7, 11) is 0. The van der Waals surface area contributed by atoms with Crippen LogP contribution in [0.5, 0.6) is 0 Å². The van der Waals surface area contributed by atoms with Crippen LogP contribution in [0.1, 0.15) is 18.4 Å². The number of aliphatic hydroxyl groups excluding tert-OH is 2. The van der Waals surface area contributed by atoms with Crippen molar-refractivity contribution in [3.63, 3.8) is 0 Å². The molecule has 1 saturated carbocycles. The third-order valence-electron chi connectivity index (χ3n) is 5.20. The average Bonchev–Trinajstić information content (AvgIpc) is 2.90. The smallest absolute Gasteiger partial charge is 0.234 e. The number of hydrogen-bond donors (Lipinski definition) is 3. The largest absolute Gasteiger partial charge is 0.390 e. The molecule has 1 aromatic rings. The number of likely N-dealkylation sites (tertiary alicyclic amines) is 1. The molecule has 3 N–H and O–H groups in total. The first-order chi connectivity index (χ1) is 11.5. The number of fused-ring (bicyclic) bond motifs is 1. The number of benzene rings is 1. The number of hydrogen-bond acceptors (Lipinski definition) is 4. The van der Waals surface area contributed by atoms with Gasteiger partial charge in [0, 0.05) is 19.6 Å². The number of nitrogens with zero attached hydrogens (tertiary/aromatic N) is 1. The summed E-state index contributed by atoms with van der Waals surface area (Å²) in [6, 6.07) is 6.30. The summed E-state index contributed by atoms with van der Waals surface area (Å²) in [6.45, 7) is 2.49. The minimum atomic E-state index is -0.629. The Labute approximate surface area is 141 Å². The van der Waals surface area contributed by atoms with Gasteiger partial charge in [0.2, 0.25) is 5.91 Å². The molecular weight excluding hydrogens is 311 g/mol. The number of aliphatic hydroxyl groups is 2. The average molecular weight is 336 g/mol. The van der Waals surface area contributed by atoms with E-state index in [1.807, 2.05) is 0 Å². The SMILES string of the molecule is O=C(CN1C[C@H]2C[C@@H](O)[C@H](O)C[C@H]2C1)NCCc1ccc(F)cc1. The lowest BCUT2D eigenvalue weighted by molar-refractivity contribution is -0.122. The first kappa shape index (κ1) is 17.3. The molecule has 132 valence electrons. The molecule has 1 aromatic carbocycles. The van der Waals surface area contributed by atoms with Gasteiger partial charge in [-0.15, -0.1) is 0 Å². The summed E-state index contributed by atoms with van der Waals surface area (Å²) >= 11 is 0. The molecule has 0 bridgehead atoms. The van der Waals surface area contributed by atoms with Crippen molar-refractivity contribution in [2.24, 2.45) is 11.8 Å². The maximum Gasteiger partial charge on any atom is 0.234 e. The molecule has 0 aromatic heterocycles. The monoisotopic (exact) mass is 336 g/mol. The third-order valence-corrected chi connectivity index (χ3v) is 5.20. The lowest BCUT2D eigenvalue weighted by Crippen LogP contribution is -2.38. The standard InChI is InChI=1S/C18H25FN2O3/c19-15-3-1-12(2-4-15)5-6-20-18(24)11-21-9-13-7-16(22)17(23)8-14(13)10-21/h1-4,13-14,16-17,22-23H,5-11H2,(H,20,24)/t13-,14+,16-,17-/m1/s1. The van der Waals surface area contributed by atoms with E-state index in [9.17, 15) is 19.4 Å². The molecule has 0 radical (unpaired) electrons. The highest BCUT2D eigenvalue weighted by Crippen LogP contribution is 2.36. The normalized spacial score (nSPS) is 30.1. The van der Waals surface area contributed by atoms with E-state index in [0.717, 1.165) is 18.7 Å². The van der Waals surface area contributed by atoms with Crippen LogP contribution in [0.4, 0.5) is 4.39 Å². The molecule has 1 amide bonds. The molecule has 2 aliphatic rings. The van der Waals surface area contributed by atoms with E-state index in [0.29, 0.717) is 44.2 Å². The zero-order chi connectivity index (χ0) is 17.1. The summed E-state index contributed by atoms with van der Waals surface area (Å²) in [5, 5.41) is 22.4. The summed E-state index contributed by atoms with van der Waals surface area (Å²) in [6.07, 6.45) is 0.657. The van der Waals surface area contributed by atoms with Crippen molar-refractivity contribution in [1.29, 1.82) is 0 Å². The summed E-state index contributed by atoms with van der Waals surface area (Å²) in [5.74, 6) is 0.469. The highest BCUT2D eigenvalue weighted by atomic mass is 19.1. The molecule has 0 spiro atoms. The van der Waals surface area contributed by atoms with Crippen molar-refractivity contribution >= 4 is 5.91 Å². The maximum atomic E-state index is 12.8. The Hall–Kier alpha value is -1.50. The number of halogens is 1. The van der Waals surface area contributed by atoms with Gasteiger partial charge >= 0.3 is 0 Å². The Kier molecular flexibility index (Phi) is 5.48. The van der Waals surface area contributed by atoms with Crippen molar-refractivity contribution in [3.8, 4) is 0 Å². The molecule has 6 heteroatoms. The predicted molar refractivity (Wildman–Crippen MR) is 87.8 cm³/mol. The Balaban J connectivity index is 1.39. The zero-order valence-corrected chi connectivity index (χ0v) is 13.7. The number of carbonyl (C=O) groups is 1. The molecule has 1 aliphatic heterocycles. The highest BCUT2D eigenvalue weighted by Gasteiger charge is 2.41. The molecule has 5 nitrogen and oxygen atoms in total. The van der Waals surface area contributed by atoms with Gasteiger partial charge in [0.05, 0.1) is 18.8 Å². The summed E-state index contributed by atoms with van der Waals surface area (Å²) < 4.78 is 12.8. The van der Waals surface area contributed by atoms with Gasteiger partial charge in [-0.25, -0.2) is 4.39 Å². The molecule has 4 atom stereocenters. The second kappa shape index (κ2) is 7.59. The fourth-order valence-electron chi connectivity index (χ4n) is 3.89. The topological polar surface area (TPSA) is 72.8 Å². The number of nitrogens with one attached hydrogen (secondary N) is 1. The Morgan fingerprint density at radius 1 is 1.12 bits per heavy atom. The van der Waals surface area contributed by atoms with Gasteiger partial charge in [-0.1, -0.05) is 12.1 Å². The van der Waals surface area contributed by atoms with E-state index in [1.165, 1.54) is 12.1 Å². The first-order valence-corrected chi connectivity index (χ1v) is 8.61. The van der Waals surface area contributed by atoms with E-state index in [4.69, 9.17) is 0 Å². The number of rotatable bonds is 5. The van der Waals surface area contributed by atoms with E-state index >= 15 is 0 Å². The van der Waals surface area contributed by atoms with Crippen LogP contribution in [-0.2, 0) is 11.2 Å². The second-order valence-electron chi connectivity index (χ2n) is 7.05. The van der Waals surface area contributed by atoms with Crippen LogP contribution in [0.3, 0.4) is 0 Å². The molecule has 1 saturated heterocycles.